The minimum Gasteiger partial charge on any atom is -0.340 e. The van der Waals surface area contributed by atoms with Gasteiger partial charge in [0.15, 0.2) is 11.5 Å². The van der Waals surface area contributed by atoms with Crippen LogP contribution in [0.5, 0.6) is 0 Å². The van der Waals surface area contributed by atoms with Crippen LogP contribution in [0.3, 0.4) is 0 Å². The minimum atomic E-state index is -0.561. The number of amides is 1. The summed E-state index contributed by atoms with van der Waals surface area (Å²) in [5.74, 6) is 2.14. The first kappa shape index (κ1) is 19.4. The Bertz CT molecular complexity index is 1060. The van der Waals surface area contributed by atoms with Crippen LogP contribution in [-0.4, -0.2) is 38.8 Å². The fourth-order valence-corrected chi connectivity index (χ4v) is 8.31. The normalized spacial score (nSPS) is 42.2. The lowest BCUT2D eigenvalue weighted by molar-refractivity contribution is -0.141. The highest BCUT2D eigenvalue weighted by Crippen LogP contribution is 2.67. The Hall–Kier alpha value is -2.24. The van der Waals surface area contributed by atoms with Crippen LogP contribution >= 0.6 is 0 Å². The first-order chi connectivity index (χ1) is 14.8. The molecule has 2 aromatic heterocycles. The van der Waals surface area contributed by atoms with Crippen molar-refractivity contribution in [3.8, 4) is 0 Å². The van der Waals surface area contributed by atoms with Gasteiger partial charge in [0.2, 0.25) is 0 Å². The quantitative estimate of drug-likeness (QED) is 0.705. The van der Waals surface area contributed by atoms with Gasteiger partial charge < -0.3 is 9.88 Å². The standard InChI is InChI=1S/C25H31FN4O/c1-24-11-10-16-14(6-9-20-25(16,2)13-18(26)23(31)30(20)3)15(24)7-8-17(24)21-28-19-5-4-12-27-22(19)29-21/h4-5,12-17,20H,6-11H2,1-3H3,(H,27,28,29)/t14-,15-,16+,17?,20?,24-,25+/m0/s1. The van der Waals surface area contributed by atoms with Crippen molar-refractivity contribution in [1.82, 2.24) is 19.9 Å². The van der Waals surface area contributed by atoms with E-state index in [-0.39, 0.29) is 16.9 Å². The number of nitrogens with zero attached hydrogens (tertiary/aromatic N) is 3. The second-order valence-electron chi connectivity index (χ2n) is 10.9. The predicted molar refractivity (Wildman–Crippen MR) is 117 cm³/mol. The molecule has 6 heteroatoms. The Morgan fingerprint density at radius 1 is 1.16 bits per heavy atom. The number of nitrogens with one attached hydrogen (secondary N) is 1. The van der Waals surface area contributed by atoms with E-state index >= 15 is 0 Å². The molecule has 0 saturated heterocycles. The molecule has 0 radical (unpaired) electrons. The largest absolute Gasteiger partial charge is 0.340 e. The SMILES string of the molecule is CN1C(=O)C(F)=C[C@@]2(C)C1CC[C@@H]1[C@H]2CC[C@]2(C)C(c3nc4ncccc4[nH]3)CC[C@@H]12. The van der Waals surface area contributed by atoms with Gasteiger partial charge in [-0.1, -0.05) is 13.8 Å². The summed E-state index contributed by atoms with van der Waals surface area (Å²) < 4.78 is 14.6. The van der Waals surface area contributed by atoms with Crippen molar-refractivity contribution in [3.63, 3.8) is 0 Å². The average Bonchev–Trinajstić information content (AvgIpc) is 3.32. The Labute approximate surface area is 182 Å². The molecule has 1 N–H and O–H groups in total. The molecule has 6 rings (SSSR count). The van der Waals surface area contributed by atoms with Crippen LogP contribution in [0.15, 0.2) is 30.2 Å². The molecule has 1 amide bonds. The maximum Gasteiger partial charge on any atom is 0.282 e. The van der Waals surface area contributed by atoms with E-state index in [2.05, 4.69) is 23.8 Å². The molecule has 31 heavy (non-hydrogen) atoms. The maximum atomic E-state index is 14.6. The van der Waals surface area contributed by atoms with Gasteiger partial charge in [0.25, 0.3) is 5.91 Å². The smallest absolute Gasteiger partial charge is 0.282 e. The van der Waals surface area contributed by atoms with E-state index in [0.29, 0.717) is 23.7 Å². The van der Waals surface area contributed by atoms with Gasteiger partial charge in [-0.25, -0.2) is 14.4 Å². The third-order valence-corrected chi connectivity index (χ3v) is 9.76. The lowest BCUT2D eigenvalue weighted by Crippen LogP contribution is -2.60. The zero-order valence-electron chi connectivity index (χ0n) is 18.6. The van der Waals surface area contributed by atoms with Crippen molar-refractivity contribution in [2.45, 2.75) is 64.3 Å². The van der Waals surface area contributed by atoms with Crippen LogP contribution in [0, 0.1) is 28.6 Å². The molecule has 3 heterocycles. The van der Waals surface area contributed by atoms with Crippen LogP contribution in [0.25, 0.3) is 11.2 Å². The summed E-state index contributed by atoms with van der Waals surface area (Å²) in [5, 5.41) is 0. The zero-order valence-corrected chi connectivity index (χ0v) is 18.6. The van der Waals surface area contributed by atoms with Crippen molar-refractivity contribution in [2.24, 2.45) is 28.6 Å². The van der Waals surface area contributed by atoms with Crippen molar-refractivity contribution in [1.29, 1.82) is 0 Å². The van der Waals surface area contributed by atoms with Gasteiger partial charge in [-0.3, -0.25) is 4.79 Å². The highest BCUT2D eigenvalue weighted by molar-refractivity contribution is 5.92. The molecule has 5 nitrogen and oxygen atoms in total. The summed E-state index contributed by atoms with van der Waals surface area (Å²) in [5.41, 5.74) is 1.76. The van der Waals surface area contributed by atoms with Crippen molar-refractivity contribution < 1.29 is 9.18 Å². The topological polar surface area (TPSA) is 61.9 Å². The van der Waals surface area contributed by atoms with Crippen molar-refractivity contribution >= 4 is 17.1 Å². The number of rotatable bonds is 1. The number of pyridine rings is 1. The van der Waals surface area contributed by atoms with E-state index in [1.165, 1.54) is 6.42 Å². The minimum absolute atomic E-state index is 0.115. The summed E-state index contributed by atoms with van der Waals surface area (Å²) >= 11 is 0. The molecule has 4 aliphatic rings. The summed E-state index contributed by atoms with van der Waals surface area (Å²) in [6, 6.07) is 4.12. The number of H-pyrrole nitrogens is 1. The molecule has 0 aromatic carbocycles. The van der Waals surface area contributed by atoms with Gasteiger partial charge >= 0.3 is 0 Å². The van der Waals surface area contributed by atoms with Gasteiger partial charge in [-0.15, -0.1) is 0 Å². The Morgan fingerprint density at radius 3 is 2.81 bits per heavy atom. The van der Waals surface area contributed by atoms with Crippen LogP contribution in [-0.2, 0) is 4.79 Å². The van der Waals surface area contributed by atoms with E-state index in [1.807, 2.05) is 12.1 Å². The van der Waals surface area contributed by atoms with E-state index in [1.54, 1.807) is 24.2 Å². The van der Waals surface area contributed by atoms with Gasteiger partial charge in [0, 0.05) is 30.6 Å². The third-order valence-electron chi connectivity index (χ3n) is 9.76. The average molecular weight is 423 g/mol. The van der Waals surface area contributed by atoms with Crippen LogP contribution in [0.2, 0.25) is 0 Å². The molecule has 0 spiro atoms. The molecule has 7 atom stereocenters. The third kappa shape index (κ3) is 2.50. The number of carbonyl (C=O) groups is 1. The van der Waals surface area contributed by atoms with Gasteiger partial charge in [0.05, 0.1) is 5.52 Å². The first-order valence-corrected chi connectivity index (χ1v) is 11.8. The Balaban J connectivity index is 1.34. The molecule has 2 unspecified atom stereocenters. The second-order valence-corrected chi connectivity index (χ2v) is 10.9. The molecular weight excluding hydrogens is 391 g/mol. The lowest BCUT2D eigenvalue weighted by Gasteiger charge is -2.60. The fourth-order valence-electron chi connectivity index (χ4n) is 8.31. The highest BCUT2D eigenvalue weighted by atomic mass is 19.1. The molecule has 3 saturated carbocycles. The lowest BCUT2D eigenvalue weighted by atomic mass is 9.47. The van der Waals surface area contributed by atoms with E-state index in [0.717, 1.165) is 49.1 Å². The van der Waals surface area contributed by atoms with E-state index in [9.17, 15) is 9.18 Å². The first-order valence-electron chi connectivity index (χ1n) is 11.8. The molecular formula is C25H31FN4O. The van der Waals surface area contributed by atoms with Gasteiger partial charge in [-0.05, 0) is 79.9 Å². The van der Waals surface area contributed by atoms with E-state index < -0.39 is 11.7 Å². The summed E-state index contributed by atoms with van der Waals surface area (Å²) in [7, 11) is 1.78. The van der Waals surface area contributed by atoms with Gasteiger partial charge in [-0.2, -0.15) is 0 Å². The zero-order chi connectivity index (χ0) is 21.5. The summed E-state index contributed by atoms with van der Waals surface area (Å²) in [6.07, 6.45) is 10.2. The number of aromatic nitrogens is 3. The number of fused-ring (bicyclic) bond motifs is 6. The van der Waals surface area contributed by atoms with Crippen LogP contribution < -0.4 is 0 Å². The van der Waals surface area contributed by atoms with Crippen molar-refractivity contribution in [3.05, 3.63) is 36.1 Å². The number of aromatic amines is 1. The Kier molecular flexibility index (Phi) is 4.01. The number of imidazole rings is 1. The molecule has 0 bridgehead atoms. The van der Waals surface area contributed by atoms with Crippen LogP contribution in [0.1, 0.15) is 64.1 Å². The highest BCUT2D eigenvalue weighted by Gasteiger charge is 2.61. The second kappa shape index (κ2) is 6.39. The fraction of sp³-hybridized carbons (Fsp3) is 0.640. The number of hydrogen-bond donors (Lipinski definition) is 1. The van der Waals surface area contributed by atoms with Crippen molar-refractivity contribution in [2.75, 3.05) is 7.05 Å². The summed E-state index contributed by atoms with van der Waals surface area (Å²) in [4.78, 5) is 26.8. The van der Waals surface area contributed by atoms with Crippen LogP contribution in [0.4, 0.5) is 4.39 Å². The molecule has 2 aromatic rings. The molecule has 3 aliphatic carbocycles. The number of likely N-dealkylation sites (N-methyl/N-ethyl adjacent to an activating group) is 1. The number of carbonyl (C=O) groups excluding carboxylic acids is 1. The number of hydrogen-bond acceptors (Lipinski definition) is 3. The Morgan fingerprint density at radius 2 is 2.00 bits per heavy atom. The number of halogens is 1. The molecule has 1 aliphatic heterocycles. The van der Waals surface area contributed by atoms with Gasteiger partial charge in [0.1, 0.15) is 5.82 Å². The van der Waals surface area contributed by atoms with E-state index in [4.69, 9.17) is 4.98 Å². The maximum absolute atomic E-state index is 14.6. The molecule has 164 valence electrons. The molecule has 3 fully saturated rings. The predicted octanol–water partition coefficient (Wildman–Crippen LogP) is 4.98. The monoisotopic (exact) mass is 422 g/mol. The summed E-state index contributed by atoms with van der Waals surface area (Å²) in [6.45, 7) is 4.67.